The van der Waals surface area contributed by atoms with E-state index in [0.717, 1.165) is 5.56 Å². The van der Waals surface area contributed by atoms with Crippen molar-refractivity contribution in [3.63, 3.8) is 0 Å². The zero-order valence-electron chi connectivity index (χ0n) is 7.34. The molecule has 1 nitrogen and oxygen atoms in total. The van der Waals surface area contributed by atoms with Crippen molar-refractivity contribution in [2.24, 2.45) is 0 Å². The molecule has 1 heterocycles. The van der Waals surface area contributed by atoms with Crippen LogP contribution in [0.1, 0.15) is 10.4 Å². The van der Waals surface area contributed by atoms with E-state index in [4.69, 9.17) is 0 Å². The van der Waals surface area contributed by atoms with Gasteiger partial charge in [-0.25, -0.2) is 0 Å². The van der Waals surface area contributed by atoms with Crippen molar-refractivity contribution in [1.29, 1.82) is 0 Å². The molecule has 0 amide bonds. The molecule has 2 aromatic rings. The number of thiophene rings is 1. The molecular weight excluding hydrogens is 259 g/mol. The van der Waals surface area contributed by atoms with Crippen molar-refractivity contribution in [2.45, 2.75) is 0 Å². The Kier molecular flexibility index (Phi) is 3.14. The first-order chi connectivity index (χ1) is 6.86. The third-order valence-corrected chi connectivity index (χ3v) is 4.99. The van der Waals surface area contributed by atoms with E-state index in [1.165, 1.54) is 3.78 Å². The van der Waals surface area contributed by atoms with E-state index in [0.29, 0.717) is 0 Å². The maximum atomic E-state index is 11.7. The van der Waals surface area contributed by atoms with Gasteiger partial charge in [-0.3, -0.25) is 0 Å². The van der Waals surface area contributed by atoms with Gasteiger partial charge in [0, 0.05) is 0 Å². The Morgan fingerprint density at radius 3 is 2.50 bits per heavy atom. The van der Waals surface area contributed by atoms with Gasteiger partial charge >= 0.3 is 93.0 Å². The van der Waals surface area contributed by atoms with Crippen LogP contribution in [0.25, 0.3) is 0 Å². The molecule has 0 spiro atoms. The van der Waals surface area contributed by atoms with Gasteiger partial charge in [0.2, 0.25) is 0 Å². The van der Waals surface area contributed by atoms with Gasteiger partial charge in [0.05, 0.1) is 0 Å². The number of hydrogen-bond donors (Lipinski definition) is 0. The average molecular weight is 267 g/mol. The summed E-state index contributed by atoms with van der Waals surface area (Å²) in [6.07, 6.45) is 0. The van der Waals surface area contributed by atoms with Gasteiger partial charge in [-0.2, -0.15) is 0 Å². The summed E-state index contributed by atoms with van der Waals surface area (Å²) in [5.41, 5.74) is 0.820. The number of benzene rings is 1. The molecule has 14 heavy (non-hydrogen) atoms. The number of carbonyl (C=O) groups is 1. The number of rotatable bonds is 3. The van der Waals surface area contributed by atoms with Crippen LogP contribution in [0, 0.1) is 0 Å². The van der Waals surface area contributed by atoms with Crippen LogP contribution in [0.2, 0.25) is 0 Å². The third-order valence-electron chi connectivity index (χ3n) is 1.70. The maximum absolute atomic E-state index is 11.7. The molecule has 0 aliphatic carbocycles. The zero-order valence-corrected chi connectivity index (χ0v) is 9.87. The molecule has 1 aromatic heterocycles. The molecule has 1 aromatic carbocycles. The standard InChI is InChI=1S/C11H8OSSe/c12-11(9-5-2-1-3-6-9)14-10-7-4-8-13-10/h1-8H. The van der Waals surface area contributed by atoms with Crippen molar-refractivity contribution in [3.8, 4) is 0 Å². The first-order valence-electron chi connectivity index (χ1n) is 4.17. The van der Waals surface area contributed by atoms with E-state index in [9.17, 15) is 4.79 Å². The summed E-state index contributed by atoms with van der Waals surface area (Å²) in [6.45, 7) is 0. The Morgan fingerprint density at radius 2 is 1.86 bits per heavy atom. The predicted octanol–water partition coefficient (Wildman–Crippen LogP) is 1.92. The van der Waals surface area contributed by atoms with Crippen LogP contribution in [-0.2, 0) is 0 Å². The van der Waals surface area contributed by atoms with Gasteiger partial charge in [-0.05, 0) is 0 Å². The Bertz CT molecular complexity index is 408. The molecule has 0 saturated heterocycles. The van der Waals surface area contributed by atoms with Gasteiger partial charge in [0.25, 0.3) is 0 Å². The minimum absolute atomic E-state index is 0.0600. The van der Waals surface area contributed by atoms with E-state index in [2.05, 4.69) is 0 Å². The fourth-order valence-corrected chi connectivity index (χ4v) is 3.81. The number of carbonyl (C=O) groups excluding carboxylic acids is 1. The monoisotopic (exact) mass is 268 g/mol. The zero-order chi connectivity index (χ0) is 9.80. The molecular formula is C11H8OSSe. The average Bonchev–Trinajstić information content (AvgIpc) is 2.72. The van der Waals surface area contributed by atoms with Crippen LogP contribution in [0.5, 0.6) is 0 Å². The Hall–Kier alpha value is -0.891. The molecule has 0 bridgehead atoms. The molecule has 0 fully saturated rings. The SMILES string of the molecule is O=C([Se]c1cccs1)c1ccccc1. The van der Waals surface area contributed by atoms with Gasteiger partial charge in [0.1, 0.15) is 0 Å². The Balaban J connectivity index is 2.11. The summed E-state index contributed by atoms with van der Waals surface area (Å²) in [5.74, 6) is 0. The molecule has 0 aliphatic rings. The van der Waals surface area contributed by atoms with Gasteiger partial charge in [-0.1, -0.05) is 0 Å². The van der Waals surface area contributed by atoms with Crippen LogP contribution in [0.3, 0.4) is 0 Å². The fraction of sp³-hybridized carbons (Fsp3) is 0. The number of hydrogen-bond acceptors (Lipinski definition) is 2. The molecule has 0 saturated carbocycles. The molecule has 2 rings (SSSR count). The second-order valence-corrected chi connectivity index (χ2v) is 6.35. The summed E-state index contributed by atoms with van der Waals surface area (Å²) in [7, 11) is 0. The van der Waals surface area contributed by atoms with Gasteiger partial charge in [-0.15, -0.1) is 0 Å². The Labute approximate surface area is 92.9 Å². The van der Waals surface area contributed by atoms with Gasteiger partial charge < -0.3 is 0 Å². The predicted molar refractivity (Wildman–Crippen MR) is 60.5 cm³/mol. The van der Waals surface area contributed by atoms with Crippen molar-refractivity contribution >= 4 is 34.8 Å². The van der Waals surface area contributed by atoms with E-state index in [1.54, 1.807) is 11.3 Å². The minimum atomic E-state index is -0.0600. The molecule has 0 N–H and O–H groups in total. The molecule has 0 radical (unpaired) electrons. The molecule has 0 atom stereocenters. The quantitative estimate of drug-likeness (QED) is 0.776. The van der Waals surface area contributed by atoms with Crippen molar-refractivity contribution in [3.05, 3.63) is 53.4 Å². The van der Waals surface area contributed by atoms with Crippen LogP contribution in [0.4, 0.5) is 0 Å². The first kappa shape index (κ1) is 9.66. The summed E-state index contributed by atoms with van der Waals surface area (Å²) in [4.78, 5) is 11.7. The van der Waals surface area contributed by atoms with Crippen LogP contribution < -0.4 is 3.78 Å². The summed E-state index contributed by atoms with van der Waals surface area (Å²) >= 11 is 1.59. The molecule has 70 valence electrons. The van der Waals surface area contributed by atoms with E-state index in [-0.39, 0.29) is 19.6 Å². The fourth-order valence-electron chi connectivity index (χ4n) is 1.05. The second-order valence-electron chi connectivity index (χ2n) is 2.69. The normalized spacial score (nSPS) is 10.0. The van der Waals surface area contributed by atoms with Crippen LogP contribution in [-0.4, -0.2) is 19.6 Å². The van der Waals surface area contributed by atoms with Crippen LogP contribution >= 0.6 is 11.3 Å². The van der Waals surface area contributed by atoms with Crippen molar-refractivity contribution in [2.75, 3.05) is 0 Å². The van der Waals surface area contributed by atoms with Crippen molar-refractivity contribution in [1.82, 2.24) is 0 Å². The first-order valence-corrected chi connectivity index (χ1v) is 6.76. The Morgan fingerprint density at radius 1 is 1.07 bits per heavy atom. The van der Waals surface area contributed by atoms with Crippen LogP contribution in [0.15, 0.2) is 47.8 Å². The van der Waals surface area contributed by atoms with E-state index >= 15 is 0 Å². The molecule has 0 aliphatic heterocycles. The topological polar surface area (TPSA) is 17.1 Å². The van der Waals surface area contributed by atoms with E-state index in [1.807, 2.05) is 47.8 Å². The second kappa shape index (κ2) is 4.56. The third kappa shape index (κ3) is 2.32. The summed E-state index contributed by atoms with van der Waals surface area (Å²) < 4.78 is 1.44. The van der Waals surface area contributed by atoms with E-state index < -0.39 is 0 Å². The molecule has 3 heteroatoms. The van der Waals surface area contributed by atoms with Gasteiger partial charge in [0.15, 0.2) is 0 Å². The summed E-state index contributed by atoms with van der Waals surface area (Å²) in [6, 6.07) is 13.5. The molecule has 0 unspecified atom stereocenters. The van der Waals surface area contributed by atoms with Crippen molar-refractivity contribution < 1.29 is 4.79 Å². The summed E-state index contributed by atoms with van der Waals surface area (Å²) in [5, 5.41) is 2.01.